The van der Waals surface area contributed by atoms with Gasteiger partial charge in [0.05, 0.1) is 12.2 Å². The Bertz CT molecular complexity index is 875. The summed E-state index contributed by atoms with van der Waals surface area (Å²) in [7, 11) is 0. The topological polar surface area (TPSA) is 89.7 Å². The standard InChI is InChI=1S/C20H22N2O4/c1-2-26-17(23)9-4-3-5-10-22-19(24)15-8-6-7-13-11-14(21)12-16(18(13)15)20(22)25/h6-8,11-12H,2-5,9-10,21H2,1H3. The van der Waals surface area contributed by atoms with Gasteiger partial charge in [-0.25, -0.2) is 0 Å². The van der Waals surface area contributed by atoms with Gasteiger partial charge in [0.2, 0.25) is 0 Å². The molecule has 2 amide bonds. The zero-order valence-corrected chi connectivity index (χ0v) is 14.8. The minimum Gasteiger partial charge on any atom is -0.466 e. The Morgan fingerprint density at radius 1 is 1.08 bits per heavy atom. The van der Waals surface area contributed by atoms with E-state index in [9.17, 15) is 14.4 Å². The number of nitrogens with two attached hydrogens (primary N) is 1. The summed E-state index contributed by atoms with van der Waals surface area (Å²) < 4.78 is 4.89. The number of carbonyl (C=O) groups excluding carboxylic acids is 3. The molecule has 26 heavy (non-hydrogen) atoms. The van der Waals surface area contributed by atoms with Crippen LogP contribution in [0, 0.1) is 0 Å². The van der Waals surface area contributed by atoms with Crippen molar-refractivity contribution in [2.24, 2.45) is 0 Å². The second-order valence-electron chi connectivity index (χ2n) is 6.35. The molecule has 0 fully saturated rings. The Hall–Kier alpha value is -2.89. The van der Waals surface area contributed by atoms with Gasteiger partial charge in [0.1, 0.15) is 0 Å². The number of ether oxygens (including phenoxy) is 1. The maximum absolute atomic E-state index is 12.8. The van der Waals surface area contributed by atoms with Gasteiger partial charge in [-0.1, -0.05) is 18.6 Å². The van der Waals surface area contributed by atoms with Crippen molar-refractivity contribution in [2.45, 2.75) is 32.6 Å². The summed E-state index contributed by atoms with van der Waals surface area (Å²) in [4.78, 5) is 38.2. The van der Waals surface area contributed by atoms with Crippen LogP contribution in [0.3, 0.4) is 0 Å². The van der Waals surface area contributed by atoms with Crippen molar-refractivity contribution in [1.29, 1.82) is 0 Å². The highest BCUT2D eigenvalue weighted by Crippen LogP contribution is 2.32. The van der Waals surface area contributed by atoms with E-state index in [0.717, 1.165) is 11.8 Å². The molecule has 0 atom stereocenters. The summed E-state index contributed by atoms with van der Waals surface area (Å²) >= 11 is 0. The van der Waals surface area contributed by atoms with E-state index < -0.39 is 0 Å². The number of nitrogens with zero attached hydrogens (tertiary/aromatic N) is 1. The van der Waals surface area contributed by atoms with Crippen LogP contribution >= 0.6 is 0 Å². The van der Waals surface area contributed by atoms with E-state index in [4.69, 9.17) is 10.5 Å². The first-order valence-electron chi connectivity index (χ1n) is 8.87. The lowest BCUT2D eigenvalue weighted by molar-refractivity contribution is -0.143. The maximum Gasteiger partial charge on any atom is 0.305 e. The number of carbonyl (C=O) groups is 3. The molecule has 0 aliphatic carbocycles. The minimum atomic E-state index is -0.309. The van der Waals surface area contributed by atoms with Crippen LogP contribution in [0.25, 0.3) is 10.8 Å². The van der Waals surface area contributed by atoms with E-state index in [1.54, 1.807) is 31.2 Å². The van der Waals surface area contributed by atoms with Gasteiger partial charge in [-0.15, -0.1) is 0 Å². The van der Waals surface area contributed by atoms with Crippen molar-refractivity contribution < 1.29 is 19.1 Å². The lowest BCUT2D eigenvalue weighted by atomic mass is 9.93. The fourth-order valence-corrected chi connectivity index (χ4v) is 3.33. The third-order valence-corrected chi connectivity index (χ3v) is 4.52. The van der Waals surface area contributed by atoms with Crippen molar-refractivity contribution >= 4 is 34.2 Å². The monoisotopic (exact) mass is 354 g/mol. The van der Waals surface area contributed by atoms with E-state index in [0.29, 0.717) is 54.6 Å². The molecule has 1 aliphatic heterocycles. The number of nitrogen functional groups attached to an aromatic ring is 1. The summed E-state index contributed by atoms with van der Waals surface area (Å²) in [5.41, 5.74) is 7.42. The van der Waals surface area contributed by atoms with Crippen LogP contribution in [0.5, 0.6) is 0 Å². The van der Waals surface area contributed by atoms with Crippen LogP contribution in [0.15, 0.2) is 30.3 Å². The first-order valence-corrected chi connectivity index (χ1v) is 8.87. The van der Waals surface area contributed by atoms with E-state index in [2.05, 4.69) is 0 Å². The third kappa shape index (κ3) is 3.40. The maximum atomic E-state index is 12.8. The summed E-state index contributed by atoms with van der Waals surface area (Å²) in [6.45, 7) is 2.48. The average Bonchev–Trinajstić information content (AvgIpc) is 2.61. The first kappa shape index (κ1) is 17.9. The highest BCUT2D eigenvalue weighted by Gasteiger charge is 2.32. The molecule has 0 radical (unpaired) electrons. The summed E-state index contributed by atoms with van der Waals surface area (Å²) in [6, 6.07) is 8.79. The molecule has 0 saturated carbocycles. The largest absolute Gasteiger partial charge is 0.466 e. The Morgan fingerprint density at radius 2 is 1.85 bits per heavy atom. The summed E-state index contributed by atoms with van der Waals surface area (Å²) in [5.74, 6) is -0.798. The second kappa shape index (κ2) is 7.56. The molecule has 3 rings (SSSR count). The number of benzene rings is 2. The molecule has 0 spiro atoms. The molecule has 0 saturated heterocycles. The molecule has 2 aromatic carbocycles. The average molecular weight is 354 g/mol. The SMILES string of the molecule is CCOC(=O)CCCCCN1C(=O)c2cccc3cc(N)cc(c23)C1=O. The lowest BCUT2D eigenvalue weighted by Crippen LogP contribution is -2.40. The number of rotatable bonds is 7. The van der Waals surface area contributed by atoms with Gasteiger partial charge >= 0.3 is 5.97 Å². The van der Waals surface area contributed by atoms with Crippen molar-refractivity contribution in [3.8, 4) is 0 Å². The summed E-state index contributed by atoms with van der Waals surface area (Å²) in [6.07, 6.45) is 2.41. The van der Waals surface area contributed by atoms with Crippen LogP contribution in [0.2, 0.25) is 0 Å². The van der Waals surface area contributed by atoms with E-state index in [1.165, 1.54) is 4.90 Å². The number of unbranched alkanes of at least 4 members (excludes halogenated alkanes) is 2. The molecule has 6 heteroatoms. The Balaban J connectivity index is 1.70. The van der Waals surface area contributed by atoms with Crippen LogP contribution in [0.1, 0.15) is 53.3 Å². The number of anilines is 1. The fraction of sp³-hybridized carbons (Fsp3) is 0.350. The molecule has 1 aliphatic rings. The smallest absolute Gasteiger partial charge is 0.305 e. The molecular weight excluding hydrogens is 332 g/mol. The van der Waals surface area contributed by atoms with Gasteiger partial charge < -0.3 is 10.5 Å². The number of esters is 1. The number of imide groups is 1. The van der Waals surface area contributed by atoms with Crippen molar-refractivity contribution in [3.05, 3.63) is 41.5 Å². The van der Waals surface area contributed by atoms with Crippen LogP contribution in [-0.2, 0) is 9.53 Å². The predicted octanol–water partition coefficient (Wildman–Crippen LogP) is 3.14. The molecule has 6 nitrogen and oxygen atoms in total. The summed E-state index contributed by atoms with van der Waals surface area (Å²) in [5, 5.41) is 1.48. The normalized spacial score (nSPS) is 13.3. The van der Waals surface area contributed by atoms with Crippen molar-refractivity contribution in [1.82, 2.24) is 4.90 Å². The van der Waals surface area contributed by atoms with Crippen molar-refractivity contribution in [2.75, 3.05) is 18.9 Å². The molecule has 2 N–H and O–H groups in total. The van der Waals surface area contributed by atoms with Gasteiger partial charge in [0.25, 0.3) is 11.8 Å². The number of hydrogen-bond donors (Lipinski definition) is 1. The van der Waals surface area contributed by atoms with Crippen LogP contribution in [0.4, 0.5) is 5.69 Å². The Labute approximate surface area is 151 Å². The zero-order chi connectivity index (χ0) is 18.7. The predicted molar refractivity (Wildman–Crippen MR) is 98.8 cm³/mol. The zero-order valence-electron chi connectivity index (χ0n) is 14.8. The van der Waals surface area contributed by atoms with E-state index in [1.807, 2.05) is 6.07 Å². The molecule has 0 bridgehead atoms. The van der Waals surface area contributed by atoms with Gasteiger partial charge in [-0.05, 0) is 43.4 Å². The van der Waals surface area contributed by atoms with E-state index in [-0.39, 0.29) is 17.8 Å². The van der Waals surface area contributed by atoms with Crippen molar-refractivity contribution in [3.63, 3.8) is 0 Å². The highest BCUT2D eigenvalue weighted by molar-refractivity contribution is 6.25. The van der Waals surface area contributed by atoms with Crippen LogP contribution in [-0.4, -0.2) is 35.8 Å². The second-order valence-corrected chi connectivity index (χ2v) is 6.35. The Kier molecular flexibility index (Phi) is 5.21. The molecule has 0 unspecified atom stereocenters. The lowest BCUT2D eigenvalue weighted by Gasteiger charge is -2.27. The van der Waals surface area contributed by atoms with Gasteiger partial charge in [0, 0.05) is 29.6 Å². The van der Waals surface area contributed by atoms with Crippen LogP contribution < -0.4 is 5.73 Å². The molecule has 2 aromatic rings. The van der Waals surface area contributed by atoms with Gasteiger partial charge in [-0.3, -0.25) is 19.3 Å². The molecular formula is C20H22N2O4. The van der Waals surface area contributed by atoms with Gasteiger partial charge in [0.15, 0.2) is 0 Å². The minimum absolute atomic E-state index is 0.214. The quantitative estimate of drug-likeness (QED) is 0.357. The molecule has 0 aromatic heterocycles. The first-order chi connectivity index (χ1) is 12.5. The Morgan fingerprint density at radius 3 is 2.62 bits per heavy atom. The van der Waals surface area contributed by atoms with Gasteiger partial charge in [-0.2, -0.15) is 0 Å². The third-order valence-electron chi connectivity index (χ3n) is 4.52. The number of hydrogen-bond acceptors (Lipinski definition) is 5. The molecule has 1 heterocycles. The van der Waals surface area contributed by atoms with E-state index >= 15 is 0 Å². The fourth-order valence-electron chi connectivity index (χ4n) is 3.33. The molecule has 136 valence electrons. The number of amides is 2. The highest BCUT2D eigenvalue weighted by atomic mass is 16.5.